The molecule has 6 nitrogen and oxygen atoms in total. The Morgan fingerprint density at radius 3 is 2.56 bits per heavy atom. The van der Waals surface area contributed by atoms with Crippen LogP contribution in [0.2, 0.25) is 0 Å². The van der Waals surface area contributed by atoms with Crippen molar-refractivity contribution in [2.75, 3.05) is 0 Å². The molecule has 0 amide bonds. The van der Waals surface area contributed by atoms with Crippen molar-refractivity contribution in [2.45, 2.75) is 40.0 Å². The van der Waals surface area contributed by atoms with Crippen LogP contribution in [0.5, 0.6) is 0 Å². The van der Waals surface area contributed by atoms with Gasteiger partial charge in [0.2, 0.25) is 0 Å². The largest absolute Gasteiger partial charge is 0.294 e. The summed E-state index contributed by atoms with van der Waals surface area (Å²) in [6.45, 7) is 6.16. The predicted molar refractivity (Wildman–Crippen MR) is 103 cm³/mol. The van der Waals surface area contributed by atoms with Gasteiger partial charge in [-0.2, -0.15) is 0 Å². The molecule has 0 unspecified atom stereocenters. The van der Waals surface area contributed by atoms with Crippen LogP contribution < -0.4 is 0 Å². The minimum Gasteiger partial charge on any atom is -0.294 e. The highest BCUT2D eigenvalue weighted by Gasteiger charge is 2.13. The molecule has 27 heavy (non-hydrogen) atoms. The normalized spacial score (nSPS) is 11.0. The van der Waals surface area contributed by atoms with Crippen LogP contribution >= 0.6 is 0 Å². The molecule has 0 N–H and O–H groups in total. The first-order valence-corrected chi connectivity index (χ1v) is 9.12. The van der Waals surface area contributed by atoms with E-state index in [1.807, 2.05) is 30.3 Å². The lowest BCUT2D eigenvalue weighted by Crippen LogP contribution is -2.10. The molecule has 3 aromatic rings. The van der Waals surface area contributed by atoms with E-state index in [4.69, 9.17) is 0 Å². The highest BCUT2D eigenvalue weighted by Crippen LogP contribution is 2.13. The Kier molecular flexibility index (Phi) is 5.96. The maximum absolute atomic E-state index is 12.6. The van der Waals surface area contributed by atoms with Crippen molar-refractivity contribution < 1.29 is 4.79 Å². The summed E-state index contributed by atoms with van der Waals surface area (Å²) in [4.78, 5) is 34.3. The second-order valence-electron chi connectivity index (χ2n) is 6.91. The Labute approximate surface area is 159 Å². The van der Waals surface area contributed by atoms with E-state index in [2.05, 4.69) is 38.8 Å². The van der Waals surface area contributed by atoms with E-state index in [1.165, 1.54) is 0 Å². The number of pyridine rings is 2. The quantitative estimate of drug-likeness (QED) is 0.598. The molecule has 3 aromatic heterocycles. The minimum absolute atomic E-state index is 0.0597. The van der Waals surface area contributed by atoms with E-state index in [0.29, 0.717) is 34.6 Å². The Bertz CT molecular complexity index is 908. The first kappa shape index (κ1) is 18.8. The second-order valence-corrected chi connectivity index (χ2v) is 6.91. The van der Waals surface area contributed by atoms with Crippen LogP contribution in [0.15, 0.2) is 42.7 Å². The lowest BCUT2D eigenvalue weighted by Gasteiger charge is -2.06. The number of Topliss-reactive ketones (excluding diaryl/α,β-unsaturated/α-hetero) is 1. The fourth-order valence-electron chi connectivity index (χ4n) is 2.65. The number of ketones is 1. The summed E-state index contributed by atoms with van der Waals surface area (Å²) in [5.74, 6) is 2.06. The summed E-state index contributed by atoms with van der Waals surface area (Å²) in [7, 11) is 0. The summed E-state index contributed by atoms with van der Waals surface area (Å²) >= 11 is 0. The van der Waals surface area contributed by atoms with Gasteiger partial charge in [-0.1, -0.05) is 19.9 Å². The summed E-state index contributed by atoms with van der Waals surface area (Å²) in [5.41, 5.74) is 2.24. The van der Waals surface area contributed by atoms with Gasteiger partial charge in [-0.15, -0.1) is 0 Å². The van der Waals surface area contributed by atoms with Gasteiger partial charge in [-0.05, 0) is 49.9 Å². The van der Waals surface area contributed by atoms with Crippen molar-refractivity contribution >= 4 is 5.78 Å². The van der Waals surface area contributed by atoms with Gasteiger partial charge < -0.3 is 0 Å². The van der Waals surface area contributed by atoms with Crippen LogP contribution in [-0.4, -0.2) is 30.7 Å². The maximum Gasteiger partial charge on any atom is 0.181 e. The van der Waals surface area contributed by atoms with Gasteiger partial charge in [0.15, 0.2) is 11.6 Å². The smallest absolute Gasteiger partial charge is 0.181 e. The fraction of sp³-hybridized carbons (Fsp3) is 0.333. The van der Waals surface area contributed by atoms with Gasteiger partial charge in [-0.25, -0.2) is 15.0 Å². The van der Waals surface area contributed by atoms with E-state index in [1.54, 1.807) is 19.3 Å². The Morgan fingerprint density at radius 1 is 1.04 bits per heavy atom. The van der Waals surface area contributed by atoms with Gasteiger partial charge in [0.05, 0.1) is 6.42 Å². The summed E-state index contributed by atoms with van der Waals surface area (Å²) in [6.07, 6.45) is 5.45. The van der Waals surface area contributed by atoms with Crippen molar-refractivity contribution in [3.63, 3.8) is 0 Å². The number of carbonyl (C=O) groups excluding carboxylic acids is 1. The van der Waals surface area contributed by atoms with Crippen molar-refractivity contribution in [3.05, 3.63) is 65.6 Å². The molecule has 0 aliphatic rings. The molecule has 3 rings (SSSR count). The monoisotopic (exact) mass is 361 g/mol. The van der Waals surface area contributed by atoms with E-state index < -0.39 is 0 Å². The zero-order chi connectivity index (χ0) is 19.2. The zero-order valence-corrected chi connectivity index (χ0v) is 15.9. The van der Waals surface area contributed by atoms with Crippen molar-refractivity contribution in [3.8, 4) is 11.5 Å². The van der Waals surface area contributed by atoms with Crippen LogP contribution in [0.1, 0.15) is 48.0 Å². The first-order chi connectivity index (χ1) is 13.0. The van der Waals surface area contributed by atoms with Gasteiger partial charge in [0, 0.05) is 23.7 Å². The van der Waals surface area contributed by atoms with Crippen LogP contribution in [0.3, 0.4) is 0 Å². The topological polar surface area (TPSA) is 81.5 Å². The summed E-state index contributed by atoms with van der Waals surface area (Å²) in [6, 6.07) is 9.30. The van der Waals surface area contributed by atoms with Gasteiger partial charge in [-0.3, -0.25) is 14.8 Å². The molecule has 0 aliphatic heterocycles. The van der Waals surface area contributed by atoms with Crippen molar-refractivity contribution in [1.82, 2.24) is 24.9 Å². The molecular weight excluding hydrogens is 338 g/mol. The SMILES string of the molecule is Cc1nc(CC(=O)c2ccc(CCC(C)C)nc2)nc(-c2ccccn2)n1. The van der Waals surface area contributed by atoms with Gasteiger partial charge in [0.1, 0.15) is 17.3 Å². The predicted octanol–water partition coefficient (Wildman–Crippen LogP) is 3.65. The highest BCUT2D eigenvalue weighted by molar-refractivity contribution is 5.96. The minimum atomic E-state index is -0.0597. The molecular formula is C21H23N5O. The molecule has 0 aromatic carbocycles. The summed E-state index contributed by atoms with van der Waals surface area (Å²) < 4.78 is 0. The fourth-order valence-corrected chi connectivity index (χ4v) is 2.65. The molecule has 3 heterocycles. The van der Waals surface area contributed by atoms with E-state index in [9.17, 15) is 4.79 Å². The lowest BCUT2D eigenvalue weighted by atomic mass is 10.0. The molecule has 0 bridgehead atoms. The average Bonchev–Trinajstić information content (AvgIpc) is 2.67. The number of carbonyl (C=O) groups is 1. The molecule has 0 saturated carbocycles. The lowest BCUT2D eigenvalue weighted by molar-refractivity contribution is 0.0990. The van der Waals surface area contributed by atoms with Crippen molar-refractivity contribution in [2.24, 2.45) is 5.92 Å². The van der Waals surface area contributed by atoms with Gasteiger partial charge in [0.25, 0.3) is 0 Å². The number of aromatic nitrogens is 5. The van der Waals surface area contributed by atoms with Crippen LogP contribution in [-0.2, 0) is 12.8 Å². The Morgan fingerprint density at radius 2 is 1.89 bits per heavy atom. The molecule has 138 valence electrons. The zero-order valence-electron chi connectivity index (χ0n) is 15.9. The third kappa shape index (κ3) is 5.23. The average molecular weight is 361 g/mol. The first-order valence-electron chi connectivity index (χ1n) is 9.12. The molecule has 0 radical (unpaired) electrons. The number of hydrogen-bond acceptors (Lipinski definition) is 6. The van der Waals surface area contributed by atoms with Gasteiger partial charge >= 0.3 is 0 Å². The van der Waals surface area contributed by atoms with E-state index in [0.717, 1.165) is 18.5 Å². The molecule has 0 aliphatic carbocycles. The molecule has 6 heteroatoms. The van der Waals surface area contributed by atoms with Crippen LogP contribution in [0.25, 0.3) is 11.5 Å². The standard InChI is InChI=1S/C21H23N5O/c1-14(2)7-9-17-10-8-16(13-23-17)19(27)12-20-24-15(3)25-21(26-20)18-6-4-5-11-22-18/h4-6,8,10-11,13-14H,7,9,12H2,1-3H3. The second kappa shape index (κ2) is 8.58. The Balaban J connectivity index is 1.73. The Hall–Kier alpha value is -3.02. The molecule has 0 fully saturated rings. The molecule has 0 spiro atoms. The highest BCUT2D eigenvalue weighted by atomic mass is 16.1. The number of rotatable bonds is 7. The number of aryl methyl sites for hydroxylation is 2. The van der Waals surface area contributed by atoms with Crippen LogP contribution in [0.4, 0.5) is 0 Å². The van der Waals surface area contributed by atoms with Crippen LogP contribution in [0, 0.1) is 12.8 Å². The third-order valence-electron chi connectivity index (χ3n) is 4.13. The van der Waals surface area contributed by atoms with E-state index >= 15 is 0 Å². The third-order valence-corrected chi connectivity index (χ3v) is 4.13. The van der Waals surface area contributed by atoms with E-state index in [-0.39, 0.29) is 12.2 Å². The summed E-state index contributed by atoms with van der Waals surface area (Å²) in [5, 5.41) is 0. The van der Waals surface area contributed by atoms with Crippen molar-refractivity contribution in [1.29, 1.82) is 0 Å². The number of nitrogens with zero attached hydrogens (tertiary/aromatic N) is 5. The molecule has 0 saturated heterocycles. The number of hydrogen-bond donors (Lipinski definition) is 0. The maximum atomic E-state index is 12.6. The molecule has 0 atom stereocenters.